The first-order valence-electron chi connectivity index (χ1n) is 6.46. The first kappa shape index (κ1) is 16.9. The maximum absolute atomic E-state index is 12.1. The Hall–Kier alpha value is -1.11. The minimum absolute atomic E-state index is 0.0869. The highest BCUT2D eigenvalue weighted by Crippen LogP contribution is 2.23. The smallest absolute Gasteiger partial charge is 0.416 e. The molecule has 0 spiro atoms. The van der Waals surface area contributed by atoms with Crippen LogP contribution in [0, 0.1) is 5.92 Å². The molecule has 1 rings (SSSR count). The number of esters is 1. The Morgan fingerprint density at radius 3 is 2.45 bits per heavy atom. The van der Waals surface area contributed by atoms with Crippen LogP contribution in [-0.2, 0) is 19.1 Å². The topological polar surface area (TPSA) is 72.9 Å². The summed E-state index contributed by atoms with van der Waals surface area (Å²) in [7, 11) is 0. The number of imide groups is 1. The number of hydrogen-bond acceptors (Lipinski definition) is 5. The minimum atomic E-state index is -0.653. The third-order valence-corrected chi connectivity index (χ3v) is 3.36. The molecule has 1 aliphatic heterocycles. The van der Waals surface area contributed by atoms with Crippen molar-refractivity contribution in [2.45, 2.75) is 44.5 Å². The Balaban J connectivity index is 2.70. The molecule has 0 aromatic rings. The zero-order chi connectivity index (χ0) is 15.5. The quantitative estimate of drug-likeness (QED) is 0.574. The summed E-state index contributed by atoms with van der Waals surface area (Å²) in [6.07, 6.45) is -0.740. The summed E-state index contributed by atoms with van der Waals surface area (Å²) in [6.45, 7) is 7.49. The maximum atomic E-state index is 12.1. The van der Waals surface area contributed by atoms with Crippen LogP contribution < -0.4 is 0 Å². The standard InChI is InChI=1S/C13H20BrNO5/c1-8(14)9(11(17)20-13(2,3)4)7-10(16)15-5-6-19-12(15)18/h8-9H,5-7H2,1-4H3/t8-,9-/m1/s1. The van der Waals surface area contributed by atoms with E-state index >= 15 is 0 Å². The van der Waals surface area contributed by atoms with Gasteiger partial charge in [-0.25, -0.2) is 9.69 Å². The van der Waals surface area contributed by atoms with Gasteiger partial charge >= 0.3 is 12.1 Å². The molecule has 2 atom stereocenters. The highest BCUT2D eigenvalue weighted by Gasteiger charge is 2.35. The van der Waals surface area contributed by atoms with Crippen molar-refractivity contribution in [3.63, 3.8) is 0 Å². The van der Waals surface area contributed by atoms with Crippen LogP contribution >= 0.6 is 15.9 Å². The average molecular weight is 350 g/mol. The Morgan fingerprint density at radius 2 is 2.05 bits per heavy atom. The van der Waals surface area contributed by atoms with Crippen molar-refractivity contribution in [2.75, 3.05) is 13.2 Å². The van der Waals surface area contributed by atoms with Gasteiger partial charge in [-0.1, -0.05) is 22.9 Å². The van der Waals surface area contributed by atoms with E-state index in [1.54, 1.807) is 27.7 Å². The molecule has 0 saturated carbocycles. The lowest BCUT2D eigenvalue weighted by Gasteiger charge is -2.25. The summed E-state index contributed by atoms with van der Waals surface area (Å²) < 4.78 is 10.0. The lowest BCUT2D eigenvalue weighted by molar-refractivity contribution is -0.161. The predicted octanol–water partition coefficient (Wildman–Crippen LogP) is 2.10. The second-order valence-electron chi connectivity index (χ2n) is 5.68. The molecule has 0 aromatic carbocycles. The highest BCUT2D eigenvalue weighted by atomic mass is 79.9. The Labute approximate surface area is 126 Å². The molecule has 0 unspecified atom stereocenters. The fourth-order valence-corrected chi connectivity index (χ4v) is 2.13. The van der Waals surface area contributed by atoms with Crippen LogP contribution in [0.2, 0.25) is 0 Å². The number of cyclic esters (lactones) is 1. The van der Waals surface area contributed by atoms with E-state index < -0.39 is 29.5 Å². The number of alkyl halides is 1. The molecular formula is C13H20BrNO5. The number of halogens is 1. The van der Waals surface area contributed by atoms with E-state index in [-0.39, 0.29) is 24.4 Å². The van der Waals surface area contributed by atoms with Gasteiger partial charge in [-0.05, 0) is 20.8 Å². The predicted molar refractivity (Wildman–Crippen MR) is 75.4 cm³/mol. The first-order valence-corrected chi connectivity index (χ1v) is 7.37. The number of ether oxygens (including phenoxy) is 2. The van der Waals surface area contributed by atoms with Gasteiger partial charge in [0.25, 0.3) is 0 Å². The van der Waals surface area contributed by atoms with Crippen molar-refractivity contribution in [3.05, 3.63) is 0 Å². The average Bonchev–Trinajstić information content (AvgIpc) is 2.69. The summed E-state index contributed by atoms with van der Waals surface area (Å²) in [5.74, 6) is -1.52. The van der Waals surface area contributed by atoms with Crippen molar-refractivity contribution < 1.29 is 23.9 Å². The van der Waals surface area contributed by atoms with Gasteiger partial charge in [-0.15, -0.1) is 0 Å². The number of hydrogen-bond donors (Lipinski definition) is 0. The minimum Gasteiger partial charge on any atom is -0.460 e. The maximum Gasteiger partial charge on any atom is 0.416 e. The molecule has 1 fully saturated rings. The number of nitrogens with zero attached hydrogens (tertiary/aromatic N) is 1. The molecule has 6 nitrogen and oxygen atoms in total. The van der Waals surface area contributed by atoms with Gasteiger partial charge in [-0.2, -0.15) is 0 Å². The lowest BCUT2D eigenvalue weighted by Crippen LogP contribution is -2.38. The zero-order valence-electron chi connectivity index (χ0n) is 12.1. The summed E-state index contributed by atoms with van der Waals surface area (Å²) >= 11 is 3.31. The molecule has 0 aliphatic carbocycles. The van der Waals surface area contributed by atoms with Gasteiger partial charge in [0, 0.05) is 11.2 Å². The highest BCUT2D eigenvalue weighted by molar-refractivity contribution is 9.09. The van der Waals surface area contributed by atoms with Crippen LogP contribution in [-0.4, -0.2) is 46.4 Å². The first-order chi connectivity index (χ1) is 9.11. The number of carbonyl (C=O) groups is 3. The molecule has 1 saturated heterocycles. The third kappa shape index (κ3) is 4.77. The second kappa shape index (κ2) is 6.56. The van der Waals surface area contributed by atoms with Crippen LogP contribution in [0.1, 0.15) is 34.1 Å². The van der Waals surface area contributed by atoms with Crippen molar-refractivity contribution in [3.8, 4) is 0 Å². The molecule has 1 aliphatic rings. The van der Waals surface area contributed by atoms with E-state index in [0.717, 1.165) is 4.90 Å². The fraction of sp³-hybridized carbons (Fsp3) is 0.769. The summed E-state index contributed by atoms with van der Waals surface area (Å²) in [6, 6.07) is 0. The molecular weight excluding hydrogens is 330 g/mol. The molecule has 2 amide bonds. The van der Waals surface area contributed by atoms with Crippen molar-refractivity contribution in [1.29, 1.82) is 0 Å². The molecule has 0 radical (unpaired) electrons. The van der Waals surface area contributed by atoms with E-state index in [4.69, 9.17) is 9.47 Å². The van der Waals surface area contributed by atoms with Gasteiger partial charge in [-0.3, -0.25) is 9.59 Å². The van der Waals surface area contributed by atoms with Crippen molar-refractivity contribution >= 4 is 33.9 Å². The van der Waals surface area contributed by atoms with E-state index in [1.807, 2.05) is 0 Å². The Kier molecular flexibility index (Phi) is 5.56. The normalized spacial score (nSPS) is 18.4. The SMILES string of the molecule is C[C@@H](Br)[C@@H](CC(=O)N1CCOC1=O)C(=O)OC(C)(C)C. The van der Waals surface area contributed by atoms with Gasteiger partial charge in [0.2, 0.25) is 5.91 Å². The molecule has 0 N–H and O–H groups in total. The fourth-order valence-electron chi connectivity index (χ4n) is 1.73. The second-order valence-corrected chi connectivity index (χ2v) is 7.13. The Morgan fingerprint density at radius 1 is 1.45 bits per heavy atom. The monoisotopic (exact) mass is 349 g/mol. The number of rotatable bonds is 4. The van der Waals surface area contributed by atoms with Crippen molar-refractivity contribution in [1.82, 2.24) is 4.90 Å². The third-order valence-electron chi connectivity index (χ3n) is 2.72. The summed E-state index contributed by atoms with van der Waals surface area (Å²) in [5, 5.41) is 0. The number of amides is 2. The van der Waals surface area contributed by atoms with Crippen LogP contribution in [0.15, 0.2) is 0 Å². The van der Waals surface area contributed by atoms with Gasteiger partial charge < -0.3 is 9.47 Å². The zero-order valence-corrected chi connectivity index (χ0v) is 13.7. The molecule has 1 heterocycles. The van der Waals surface area contributed by atoms with E-state index in [1.165, 1.54) is 0 Å². The van der Waals surface area contributed by atoms with Gasteiger partial charge in [0.15, 0.2) is 0 Å². The van der Waals surface area contributed by atoms with Crippen molar-refractivity contribution in [2.24, 2.45) is 5.92 Å². The molecule has 0 bridgehead atoms. The van der Waals surface area contributed by atoms with Crippen LogP contribution in [0.4, 0.5) is 4.79 Å². The largest absolute Gasteiger partial charge is 0.460 e. The number of carbonyl (C=O) groups excluding carboxylic acids is 3. The van der Waals surface area contributed by atoms with Gasteiger partial charge in [0.1, 0.15) is 12.2 Å². The molecule has 114 valence electrons. The van der Waals surface area contributed by atoms with E-state index in [2.05, 4.69) is 15.9 Å². The summed E-state index contributed by atoms with van der Waals surface area (Å²) in [4.78, 5) is 36.2. The van der Waals surface area contributed by atoms with E-state index in [0.29, 0.717) is 0 Å². The van der Waals surface area contributed by atoms with Crippen LogP contribution in [0.25, 0.3) is 0 Å². The molecule has 0 aromatic heterocycles. The summed E-state index contributed by atoms with van der Waals surface area (Å²) in [5.41, 5.74) is -0.618. The van der Waals surface area contributed by atoms with Gasteiger partial charge in [0.05, 0.1) is 12.5 Å². The van der Waals surface area contributed by atoms with Crippen LogP contribution in [0.3, 0.4) is 0 Å². The van der Waals surface area contributed by atoms with Crippen LogP contribution in [0.5, 0.6) is 0 Å². The molecule has 7 heteroatoms. The molecule has 20 heavy (non-hydrogen) atoms. The lowest BCUT2D eigenvalue weighted by atomic mass is 10.0. The van der Waals surface area contributed by atoms with E-state index in [9.17, 15) is 14.4 Å². The Bertz CT molecular complexity index is 402.